The van der Waals surface area contributed by atoms with E-state index in [1.807, 2.05) is 0 Å². The third-order valence-corrected chi connectivity index (χ3v) is 3.99. The molecule has 2 N–H and O–H groups in total. The second-order valence-corrected chi connectivity index (χ2v) is 6.02. The molecule has 2 heterocycles. The molecule has 7 nitrogen and oxygen atoms in total. The minimum atomic E-state index is -0.335. The van der Waals surface area contributed by atoms with E-state index in [-0.39, 0.29) is 17.5 Å². The molecule has 1 saturated heterocycles. The van der Waals surface area contributed by atoms with Crippen LogP contribution in [0.3, 0.4) is 0 Å². The molecule has 2 amide bonds. The Bertz CT molecular complexity index is 754. The lowest BCUT2D eigenvalue weighted by Crippen LogP contribution is -2.30. The maximum atomic E-state index is 12.3. The van der Waals surface area contributed by atoms with Gasteiger partial charge in [0.25, 0.3) is 5.91 Å². The molecule has 2 aromatic rings. The van der Waals surface area contributed by atoms with Gasteiger partial charge in [0, 0.05) is 31.4 Å². The van der Waals surface area contributed by atoms with E-state index in [0.29, 0.717) is 11.4 Å². The third-order valence-electron chi connectivity index (χ3n) is 3.99. The van der Waals surface area contributed by atoms with Gasteiger partial charge in [0.1, 0.15) is 11.5 Å². The molecule has 130 valence electrons. The largest absolute Gasteiger partial charge is 0.355 e. The molecular weight excluding hydrogens is 318 g/mol. The lowest BCUT2D eigenvalue weighted by Gasteiger charge is -2.27. The summed E-state index contributed by atoms with van der Waals surface area (Å²) in [5, 5.41) is 5.44. The number of hydrogen-bond donors (Lipinski definition) is 2. The zero-order valence-corrected chi connectivity index (χ0v) is 14.2. The first-order chi connectivity index (χ1) is 12.1. The van der Waals surface area contributed by atoms with Gasteiger partial charge in [-0.2, -0.15) is 0 Å². The average Bonchev–Trinajstić information content (AvgIpc) is 2.62. The summed E-state index contributed by atoms with van der Waals surface area (Å²) in [5.74, 6) is 0.309. The summed E-state index contributed by atoms with van der Waals surface area (Å²) >= 11 is 0. The van der Waals surface area contributed by atoms with Gasteiger partial charge in [-0.05, 0) is 37.5 Å². The van der Waals surface area contributed by atoms with Crippen LogP contribution in [-0.4, -0.2) is 34.9 Å². The van der Waals surface area contributed by atoms with Crippen LogP contribution < -0.4 is 15.5 Å². The van der Waals surface area contributed by atoms with Crippen molar-refractivity contribution < 1.29 is 9.59 Å². The van der Waals surface area contributed by atoms with Crippen LogP contribution in [0.15, 0.2) is 36.7 Å². The van der Waals surface area contributed by atoms with Crippen molar-refractivity contribution in [2.45, 2.75) is 26.2 Å². The van der Waals surface area contributed by atoms with E-state index >= 15 is 0 Å². The summed E-state index contributed by atoms with van der Waals surface area (Å²) in [6.45, 7) is 3.40. The van der Waals surface area contributed by atoms with Crippen LogP contribution >= 0.6 is 0 Å². The number of piperidine rings is 1. The molecule has 1 fully saturated rings. The molecule has 7 heteroatoms. The van der Waals surface area contributed by atoms with E-state index < -0.39 is 0 Å². The first-order valence-corrected chi connectivity index (χ1v) is 8.38. The minimum absolute atomic E-state index is 0.164. The normalized spacial score (nSPS) is 14.0. The molecule has 1 aromatic heterocycles. The number of rotatable bonds is 4. The molecule has 1 aliphatic heterocycles. The molecule has 25 heavy (non-hydrogen) atoms. The zero-order valence-electron chi connectivity index (χ0n) is 14.2. The van der Waals surface area contributed by atoms with Crippen molar-refractivity contribution in [1.29, 1.82) is 0 Å². The zero-order chi connectivity index (χ0) is 17.6. The Kier molecular flexibility index (Phi) is 5.23. The number of benzene rings is 1. The molecule has 0 radical (unpaired) electrons. The molecule has 0 bridgehead atoms. The van der Waals surface area contributed by atoms with Crippen LogP contribution in [0.1, 0.15) is 36.7 Å². The topological polar surface area (TPSA) is 87.2 Å². The fourth-order valence-electron chi connectivity index (χ4n) is 2.80. The van der Waals surface area contributed by atoms with Crippen LogP contribution in [0.4, 0.5) is 17.2 Å². The van der Waals surface area contributed by atoms with Gasteiger partial charge in [-0.25, -0.2) is 9.97 Å². The van der Waals surface area contributed by atoms with E-state index in [1.165, 1.54) is 19.5 Å². The van der Waals surface area contributed by atoms with E-state index in [9.17, 15) is 9.59 Å². The summed E-state index contributed by atoms with van der Waals surface area (Å²) < 4.78 is 0. The Morgan fingerprint density at radius 1 is 1.00 bits per heavy atom. The predicted octanol–water partition coefficient (Wildman–Crippen LogP) is 2.68. The van der Waals surface area contributed by atoms with Crippen LogP contribution in [-0.2, 0) is 4.79 Å². The fraction of sp³-hybridized carbons (Fsp3) is 0.333. The summed E-state index contributed by atoms with van der Waals surface area (Å²) in [6.07, 6.45) is 6.72. The first kappa shape index (κ1) is 16.9. The maximum absolute atomic E-state index is 12.3. The molecule has 0 spiro atoms. The number of nitrogens with zero attached hydrogens (tertiary/aromatic N) is 3. The van der Waals surface area contributed by atoms with Gasteiger partial charge in [-0.15, -0.1) is 0 Å². The van der Waals surface area contributed by atoms with Crippen molar-refractivity contribution in [2.75, 3.05) is 28.6 Å². The maximum Gasteiger partial charge on any atom is 0.275 e. The number of hydrogen-bond acceptors (Lipinski definition) is 5. The lowest BCUT2D eigenvalue weighted by molar-refractivity contribution is -0.114. The summed E-state index contributed by atoms with van der Waals surface area (Å²) in [7, 11) is 0. The van der Waals surface area contributed by atoms with Crippen LogP contribution in [0.2, 0.25) is 0 Å². The Hall–Kier alpha value is -2.96. The molecule has 0 saturated carbocycles. The number of amides is 2. The van der Waals surface area contributed by atoms with E-state index in [0.717, 1.165) is 31.7 Å². The highest BCUT2D eigenvalue weighted by atomic mass is 16.2. The van der Waals surface area contributed by atoms with Crippen molar-refractivity contribution in [2.24, 2.45) is 0 Å². The summed E-state index contributed by atoms with van der Waals surface area (Å²) in [4.78, 5) is 34.2. The van der Waals surface area contributed by atoms with Crippen LogP contribution in [0.25, 0.3) is 0 Å². The summed E-state index contributed by atoms with van der Waals surface area (Å²) in [5.41, 5.74) is 1.46. The monoisotopic (exact) mass is 339 g/mol. The van der Waals surface area contributed by atoms with Crippen LogP contribution in [0, 0.1) is 0 Å². The van der Waals surface area contributed by atoms with Crippen molar-refractivity contribution in [3.8, 4) is 0 Å². The van der Waals surface area contributed by atoms with Gasteiger partial charge in [0.15, 0.2) is 0 Å². The molecular formula is C18H21N5O2. The fourth-order valence-corrected chi connectivity index (χ4v) is 2.80. The van der Waals surface area contributed by atoms with Gasteiger partial charge in [0.2, 0.25) is 5.91 Å². The summed E-state index contributed by atoms with van der Waals surface area (Å²) in [6, 6.07) is 6.95. The van der Waals surface area contributed by atoms with Crippen LogP contribution in [0.5, 0.6) is 0 Å². The highest BCUT2D eigenvalue weighted by Crippen LogP contribution is 2.18. The molecule has 0 aliphatic carbocycles. The molecule has 1 aliphatic rings. The van der Waals surface area contributed by atoms with Gasteiger partial charge < -0.3 is 15.5 Å². The minimum Gasteiger partial charge on any atom is -0.355 e. The van der Waals surface area contributed by atoms with Crippen molar-refractivity contribution in [3.05, 3.63) is 42.4 Å². The number of carbonyl (C=O) groups excluding carboxylic acids is 2. The van der Waals surface area contributed by atoms with Gasteiger partial charge in [-0.1, -0.05) is 6.07 Å². The molecule has 1 aromatic carbocycles. The van der Waals surface area contributed by atoms with E-state index in [1.54, 1.807) is 30.5 Å². The molecule has 0 unspecified atom stereocenters. The Morgan fingerprint density at radius 2 is 1.72 bits per heavy atom. The quantitative estimate of drug-likeness (QED) is 0.894. The Morgan fingerprint density at radius 3 is 2.36 bits per heavy atom. The predicted molar refractivity (Wildman–Crippen MR) is 96.8 cm³/mol. The molecule has 3 rings (SSSR count). The van der Waals surface area contributed by atoms with E-state index in [2.05, 4.69) is 25.5 Å². The van der Waals surface area contributed by atoms with Gasteiger partial charge in [0.05, 0.1) is 12.4 Å². The second kappa shape index (κ2) is 7.74. The van der Waals surface area contributed by atoms with Gasteiger partial charge in [-0.3, -0.25) is 9.59 Å². The number of nitrogens with one attached hydrogen (secondary N) is 2. The SMILES string of the molecule is CC(=O)Nc1cccc(NC(=O)c2cnc(N3CCCCC3)cn2)c1. The van der Waals surface area contributed by atoms with Gasteiger partial charge >= 0.3 is 0 Å². The smallest absolute Gasteiger partial charge is 0.275 e. The number of carbonyl (C=O) groups is 2. The number of aromatic nitrogens is 2. The molecule has 0 atom stereocenters. The first-order valence-electron chi connectivity index (χ1n) is 8.38. The number of anilines is 3. The van der Waals surface area contributed by atoms with E-state index in [4.69, 9.17) is 0 Å². The van der Waals surface area contributed by atoms with Crippen molar-refractivity contribution >= 4 is 29.0 Å². The Balaban J connectivity index is 1.65. The van der Waals surface area contributed by atoms with Crippen molar-refractivity contribution in [1.82, 2.24) is 9.97 Å². The second-order valence-electron chi connectivity index (χ2n) is 6.02. The highest BCUT2D eigenvalue weighted by Gasteiger charge is 2.14. The Labute approximate surface area is 146 Å². The average molecular weight is 339 g/mol. The standard InChI is InChI=1S/C18H21N5O2/c1-13(24)21-14-6-5-7-15(10-14)22-18(25)16-11-20-17(12-19-16)23-8-3-2-4-9-23/h5-7,10-12H,2-4,8-9H2,1H3,(H,21,24)(H,22,25). The lowest BCUT2D eigenvalue weighted by atomic mass is 10.1. The third kappa shape index (κ3) is 4.53. The highest BCUT2D eigenvalue weighted by molar-refractivity contribution is 6.03. The van der Waals surface area contributed by atoms with Crippen molar-refractivity contribution in [3.63, 3.8) is 0 Å².